The molecule has 0 spiro atoms. The Bertz CT molecular complexity index is 1070. The van der Waals surface area contributed by atoms with Crippen LogP contribution < -0.4 is 4.90 Å². The van der Waals surface area contributed by atoms with Gasteiger partial charge in [-0.25, -0.2) is 4.98 Å². The van der Waals surface area contributed by atoms with Gasteiger partial charge >= 0.3 is 0 Å². The van der Waals surface area contributed by atoms with Crippen molar-refractivity contribution in [2.75, 3.05) is 4.90 Å². The second-order valence-corrected chi connectivity index (χ2v) is 7.67. The predicted octanol–water partition coefficient (Wildman–Crippen LogP) is 5.76. The van der Waals surface area contributed by atoms with E-state index in [1.807, 2.05) is 86.6 Å². The van der Waals surface area contributed by atoms with Crippen LogP contribution in [0.3, 0.4) is 0 Å². The summed E-state index contributed by atoms with van der Waals surface area (Å²) < 4.78 is 1.08. The molecule has 0 N–H and O–H groups in total. The van der Waals surface area contributed by atoms with Gasteiger partial charge in [0.15, 0.2) is 5.13 Å². The highest BCUT2D eigenvalue weighted by Crippen LogP contribution is 2.31. The van der Waals surface area contributed by atoms with Crippen molar-refractivity contribution in [3.8, 4) is 0 Å². The van der Waals surface area contributed by atoms with E-state index < -0.39 is 0 Å². The van der Waals surface area contributed by atoms with Crippen LogP contribution >= 0.6 is 11.3 Å². The van der Waals surface area contributed by atoms with E-state index in [2.05, 4.69) is 0 Å². The number of thiazole rings is 1. The van der Waals surface area contributed by atoms with Gasteiger partial charge in [0.05, 0.1) is 16.8 Å². The summed E-state index contributed by atoms with van der Waals surface area (Å²) in [6.45, 7) is 4.48. The van der Waals surface area contributed by atoms with Gasteiger partial charge < -0.3 is 0 Å². The van der Waals surface area contributed by atoms with E-state index in [-0.39, 0.29) is 5.91 Å². The number of benzene rings is 3. The average molecular weight is 372 g/mol. The zero-order valence-electron chi connectivity index (χ0n) is 15.3. The molecule has 1 heterocycles. The minimum Gasteiger partial charge on any atom is -0.279 e. The normalized spacial score (nSPS) is 10.9. The maximum Gasteiger partial charge on any atom is 0.260 e. The first kappa shape index (κ1) is 17.4. The van der Waals surface area contributed by atoms with Crippen molar-refractivity contribution in [2.45, 2.75) is 20.4 Å². The van der Waals surface area contributed by atoms with Crippen molar-refractivity contribution in [1.29, 1.82) is 0 Å². The SMILES string of the molecule is Cc1ccc(C)c(C(=O)N(Cc2ccccc2)c2nc3ccccc3s2)c1. The van der Waals surface area contributed by atoms with Gasteiger partial charge in [0, 0.05) is 5.56 Å². The van der Waals surface area contributed by atoms with Crippen LogP contribution in [-0.2, 0) is 6.54 Å². The Morgan fingerprint density at radius 3 is 2.48 bits per heavy atom. The Morgan fingerprint density at radius 2 is 1.70 bits per heavy atom. The standard InChI is InChI=1S/C23H20N2OS/c1-16-12-13-17(2)19(14-16)22(26)25(15-18-8-4-3-5-9-18)23-24-20-10-6-7-11-21(20)27-23/h3-14H,15H2,1-2H3. The molecule has 0 saturated heterocycles. The van der Waals surface area contributed by atoms with E-state index in [0.29, 0.717) is 6.54 Å². The van der Waals surface area contributed by atoms with Crippen molar-refractivity contribution in [3.05, 3.63) is 95.1 Å². The molecule has 0 saturated carbocycles. The van der Waals surface area contributed by atoms with E-state index in [9.17, 15) is 4.79 Å². The van der Waals surface area contributed by atoms with Gasteiger partial charge in [-0.3, -0.25) is 9.69 Å². The number of aryl methyl sites for hydroxylation is 2. The van der Waals surface area contributed by atoms with E-state index in [1.54, 1.807) is 16.2 Å². The summed E-state index contributed by atoms with van der Waals surface area (Å²) >= 11 is 1.55. The van der Waals surface area contributed by atoms with E-state index >= 15 is 0 Å². The molecule has 0 unspecified atom stereocenters. The molecule has 0 bridgehead atoms. The smallest absolute Gasteiger partial charge is 0.260 e. The van der Waals surface area contributed by atoms with Crippen molar-refractivity contribution in [3.63, 3.8) is 0 Å². The molecule has 0 aliphatic carbocycles. The first-order valence-corrected chi connectivity index (χ1v) is 9.72. The fraction of sp³-hybridized carbons (Fsp3) is 0.130. The number of nitrogens with zero attached hydrogens (tertiary/aromatic N) is 2. The number of carbonyl (C=O) groups excluding carboxylic acids is 1. The van der Waals surface area contributed by atoms with Gasteiger partial charge in [0.25, 0.3) is 5.91 Å². The predicted molar refractivity (Wildman–Crippen MR) is 112 cm³/mol. The van der Waals surface area contributed by atoms with Crippen LogP contribution in [0.15, 0.2) is 72.8 Å². The average Bonchev–Trinajstić information content (AvgIpc) is 3.12. The Hall–Kier alpha value is -2.98. The second kappa shape index (κ2) is 7.33. The molecular weight excluding hydrogens is 352 g/mol. The minimum absolute atomic E-state index is 0.0147. The van der Waals surface area contributed by atoms with Crippen LogP contribution in [0.2, 0.25) is 0 Å². The molecule has 134 valence electrons. The van der Waals surface area contributed by atoms with Crippen LogP contribution in [0.4, 0.5) is 5.13 Å². The summed E-state index contributed by atoms with van der Waals surface area (Å²) in [4.78, 5) is 20.0. The largest absolute Gasteiger partial charge is 0.279 e. The molecule has 0 aliphatic rings. The van der Waals surface area contributed by atoms with Gasteiger partial charge in [-0.2, -0.15) is 0 Å². The van der Waals surface area contributed by atoms with Gasteiger partial charge in [-0.05, 0) is 43.2 Å². The third kappa shape index (κ3) is 3.62. The monoisotopic (exact) mass is 372 g/mol. The number of para-hydroxylation sites is 1. The Morgan fingerprint density at radius 1 is 0.963 bits per heavy atom. The highest BCUT2D eigenvalue weighted by molar-refractivity contribution is 7.22. The topological polar surface area (TPSA) is 33.2 Å². The first-order chi connectivity index (χ1) is 13.1. The zero-order valence-corrected chi connectivity index (χ0v) is 16.2. The lowest BCUT2D eigenvalue weighted by atomic mass is 10.0. The van der Waals surface area contributed by atoms with Crippen LogP contribution in [0.1, 0.15) is 27.0 Å². The summed E-state index contributed by atoms with van der Waals surface area (Å²) in [7, 11) is 0. The molecule has 4 rings (SSSR count). The number of fused-ring (bicyclic) bond motifs is 1. The molecule has 1 amide bonds. The Labute approximate surface area is 162 Å². The van der Waals surface area contributed by atoms with Crippen molar-refractivity contribution >= 4 is 32.6 Å². The number of rotatable bonds is 4. The third-order valence-electron chi connectivity index (χ3n) is 4.57. The van der Waals surface area contributed by atoms with E-state index in [0.717, 1.165) is 37.6 Å². The van der Waals surface area contributed by atoms with Crippen molar-refractivity contribution in [1.82, 2.24) is 4.98 Å². The lowest BCUT2D eigenvalue weighted by Crippen LogP contribution is -2.31. The van der Waals surface area contributed by atoms with Crippen LogP contribution in [-0.4, -0.2) is 10.9 Å². The lowest BCUT2D eigenvalue weighted by Gasteiger charge is -2.21. The molecule has 4 aromatic rings. The minimum atomic E-state index is -0.0147. The lowest BCUT2D eigenvalue weighted by molar-refractivity contribution is 0.0984. The quantitative estimate of drug-likeness (QED) is 0.456. The van der Waals surface area contributed by atoms with Gasteiger partial charge in [-0.15, -0.1) is 0 Å². The van der Waals surface area contributed by atoms with Crippen LogP contribution in [0.5, 0.6) is 0 Å². The third-order valence-corrected chi connectivity index (χ3v) is 5.63. The summed E-state index contributed by atoms with van der Waals surface area (Å²) in [5.41, 5.74) is 4.78. The number of anilines is 1. The van der Waals surface area contributed by atoms with E-state index in [4.69, 9.17) is 4.98 Å². The van der Waals surface area contributed by atoms with Crippen molar-refractivity contribution < 1.29 is 4.79 Å². The molecule has 0 atom stereocenters. The molecule has 0 radical (unpaired) electrons. The molecule has 3 aromatic carbocycles. The Kier molecular flexibility index (Phi) is 4.73. The second-order valence-electron chi connectivity index (χ2n) is 6.66. The summed E-state index contributed by atoms with van der Waals surface area (Å²) in [5.74, 6) is -0.0147. The summed E-state index contributed by atoms with van der Waals surface area (Å²) in [6, 6.07) is 24.0. The molecule has 0 fully saturated rings. The molecule has 1 aromatic heterocycles. The van der Waals surface area contributed by atoms with Gasteiger partial charge in [-0.1, -0.05) is 71.5 Å². The molecule has 3 nitrogen and oxygen atoms in total. The molecular formula is C23H20N2OS. The Balaban J connectivity index is 1.79. The molecule has 27 heavy (non-hydrogen) atoms. The summed E-state index contributed by atoms with van der Waals surface area (Å²) in [5, 5.41) is 0.728. The van der Waals surface area contributed by atoms with Crippen LogP contribution in [0, 0.1) is 13.8 Å². The number of hydrogen-bond acceptors (Lipinski definition) is 3. The highest BCUT2D eigenvalue weighted by atomic mass is 32.1. The van der Waals surface area contributed by atoms with E-state index in [1.165, 1.54) is 0 Å². The number of hydrogen-bond donors (Lipinski definition) is 0. The van der Waals surface area contributed by atoms with Gasteiger partial charge in [0.1, 0.15) is 0 Å². The fourth-order valence-corrected chi connectivity index (χ4v) is 4.04. The number of amides is 1. The van der Waals surface area contributed by atoms with Gasteiger partial charge in [0.2, 0.25) is 0 Å². The number of carbonyl (C=O) groups is 1. The number of aromatic nitrogens is 1. The molecule has 4 heteroatoms. The highest BCUT2D eigenvalue weighted by Gasteiger charge is 2.23. The van der Waals surface area contributed by atoms with Crippen molar-refractivity contribution in [2.24, 2.45) is 0 Å². The maximum absolute atomic E-state index is 13.5. The molecule has 0 aliphatic heterocycles. The van der Waals surface area contributed by atoms with Crippen LogP contribution in [0.25, 0.3) is 10.2 Å². The summed E-state index contributed by atoms with van der Waals surface area (Å²) in [6.07, 6.45) is 0. The first-order valence-electron chi connectivity index (χ1n) is 8.90. The zero-order chi connectivity index (χ0) is 18.8. The maximum atomic E-state index is 13.5. The fourth-order valence-electron chi connectivity index (χ4n) is 3.08.